The van der Waals surface area contributed by atoms with Gasteiger partial charge in [0.05, 0.1) is 12.1 Å². The number of halogens is 4. The monoisotopic (exact) mass is 1360 g/mol. The second kappa shape index (κ2) is 59.8. The van der Waals surface area contributed by atoms with Crippen LogP contribution < -0.4 is 0 Å². The summed E-state index contributed by atoms with van der Waals surface area (Å²) in [6.07, 6.45) is 28.0. The van der Waals surface area contributed by atoms with E-state index in [1.54, 1.807) is 12.1 Å². The molecule has 0 N–H and O–H groups in total. The Labute approximate surface area is 311 Å². The fourth-order valence-electron chi connectivity index (χ4n) is 2.40. The number of allylic oxidation sites excluding steroid dienone is 8. The maximum atomic E-state index is 7.32. The first kappa shape index (κ1) is 51.1. The summed E-state index contributed by atoms with van der Waals surface area (Å²) in [6, 6.07) is 28.5. The van der Waals surface area contributed by atoms with Crippen LogP contribution in [0.3, 0.4) is 0 Å². The summed E-state index contributed by atoms with van der Waals surface area (Å²) in [6.45, 7) is 2.86. The summed E-state index contributed by atoms with van der Waals surface area (Å²) >= 11 is 4.82. The largest absolute Gasteiger partial charge is 2.00 e. The van der Waals surface area contributed by atoms with Crippen molar-refractivity contribution < 1.29 is 48.7 Å². The first-order chi connectivity index (χ1) is 19.7. The minimum atomic E-state index is -0.472. The van der Waals surface area contributed by atoms with Gasteiger partial charge in [-0.3, -0.25) is 0 Å². The molecule has 236 valence electrons. The molecular formula is C32H40Cl2I2N2Pt3. The predicted octanol–water partition coefficient (Wildman–Crippen LogP) is 12.5. The van der Waals surface area contributed by atoms with Crippen LogP contribution >= 0.6 is 57.5 Å². The molecule has 0 unspecified atom stereocenters. The van der Waals surface area contributed by atoms with Gasteiger partial charge in [-0.05, 0) is 51.4 Å². The predicted molar refractivity (Wildman–Crippen MR) is 186 cm³/mol. The van der Waals surface area contributed by atoms with Gasteiger partial charge >= 0.3 is 106 Å². The van der Waals surface area contributed by atoms with E-state index in [4.69, 9.17) is 29.4 Å². The minimum absolute atomic E-state index is 0. The molecule has 0 saturated heterocycles. The average Bonchev–Trinajstić information content (AvgIpc) is 2.93. The van der Waals surface area contributed by atoms with Crippen LogP contribution in [0.25, 0.3) is 0 Å². The van der Waals surface area contributed by atoms with E-state index in [0.717, 1.165) is 0 Å². The molecular weight excluding hydrogens is 1320 g/mol. The van der Waals surface area contributed by atoms with E-state index in [1.165, 1.54) is 65.2 Å². The van der Waals surface area contributed by atoms with Crippen LogP contribution in [0.1, 0.15) is 65.2 Å². The number of nitrogens with zero attached hydrogens (tertiary/aromatic N) is 2. The molecule has 4 rings (SSSR count). The van der Waals surface area contributed by atoms with Gasteiger partial charge in [0.1, 0.15) is 0 Å². The van der Waals surface area contributed by atoms with Gasteiger partial charge in [0.15, 0.2) is 0 Å². The van der Waals surface area contributed by atoms with E-state index in [0.29, 0.717) is 11.2 Å². The van der Waals surface area contributed by atoms with Crippen LogP contribution in [-0.2, 0) is 48.7 Å². The van der Waals surface area contributed by atoms with Gasteiger partial charge in [0.25, 0.3) is 0 Å². The number of hydrogen-bond acceptors (Lipinski definition) is 2. The summed E-state index contributed by atoms with van der Waals surface area (Å²) in [5.74, 6) is 0. The van der Waals surface area contributed by atoms with Crippen LogP contribution in [0.5, 0.6) is 0 Å². The van der Waals surface area contributed by atoms with Crippen molar-refractivity contribution in [3.05, 3.63) is 121 Å². The molecule has 2 aromatic carbocycles. The van der Waals surface area contributed by atoms with Crippen LogP contribution in [-0.4, -0.2) is 0 Å². The van der Waals surface area contributed by atoms with Crippen LogP contribution in [0.15, 0.2) is 109 Å². The third kappa shape index (κ3) is 73.9. The van der Waals surface area contributed by atoms with Crippen LogP contribution in [0, 0.1) is 34.8 Å². The van der Waals surface area contributed by atoms with Gasteiger partial charge in [-0.15, -0.1) is 0 Å². The van der Waals surface area contributed by atoms with E-state index in [2.05, 4.69) is 99.4 Å². The molecule has 0 amide bonds. The van der Waals surface area contributed by atoms with Crippen molar-refractivity contribution >= 4 is 57.5 Å². The van der Waals surface area contributed by atoms with Gasteiger partial charge in [-0.25, -0.2) is 0 Å². The molecule has 2 nitrogen and oxygen atoms in total. The maximum absolute atomic E-state index is 7.32. The smallest absolute Gasteiger partial charge is 0.184 e. The third-order valence-electron chi connectivity index (χ3n) is 3.88. The van der Waals surface area contributed by atoms with Crippen molar-refractivity contribution in [2.45, 2.75) is 65.2 Å². The molecule has 0 saturated carbocycles. The average molecular weight is 1360 g/mol. The summed E-state index contributed by atoms with van der Waals surface area (Å²) in [4.78, 5) is 0. The standard InChI is InChI=1S/2C8H12.2C6H5.2C2H3N.2ClH.2HI.3Pt/c2*1-2-4-6-8-7-5-3-1;2*1-2-4-6-5-3-1;2*1-2-3;;;;;;;/h2*1-2,7-8H,3-6H2;2*1-5H;2*1H3;4*1H;;;/q;;2*-1;;;;;;;3*+2/p-4/b2*2-1-,8-7?;;;;;;;;;;;. The van der Waals surface area contributed by atoms with Crippen LogP contribution in [0.2, 0.25) is 0 Å². The van der Waals surface area contributed by atoms with Crippen molar-refractivity contribution in [2.75, 3.05) is 0 Å². The molecule has 0 spiro atoms. The number of rotatable bonds is 0. The molecule has 2 aliphatic carbocycles. The van der Waals surface area contributed by atoms with E-state index in [-0.39, 0.29) is 21.1 Å². The molecule has 0 heterocycles. The van der Waals surface area contributed by atoms with Gasteiger partial charge < -0.3 is 0 Å². The second-order valence-corrected chi connectivity index (χ2v) is 26.8. The first-order valence-corrected chi connectivity index (χ1v) is 30.9. The molecule has 9 heteroatoms. The summed E-state index contributed by atoms with van der Waals surface area (Å²) in [5.41, 5.74) is 0. The Hall–Kier alpha value is 0.485. The van der Waals surface area contributed by atoms with E-state index in [1.807, 2.05) is 60.7 Å². The number of hydrogen-bond donors (Lipinski definition) is 0. The summed E-state index contributed by atoms with van der Waals surface area (Å²) in [5, 5.41) is 14.6. The SMILES string of the molecule is C1=CCC/C=C\CC1.C1=CCC/C=C\CC1.CC#N.CC#N.[Cl][Pt][Cl].[I][Pt][I].[Pt+2].[c-]1ccccc1.[c-]1ccccc1. The molecule has 2 aromatic rings. The molecule has 2 aliphatic rings. The van der Waals surface area contributed by atoms with Gasteiger partial charge in [-0.2, -0.15) is 83.3 Å². The zero-order valence-corrected chi connectivity index (χ0v) is 36.0. The Morgan fingerprint density at radius 3 is 0.756 bits per heavy atom. The Morgan fingerprint density at radius 2 is 0.683 bits per heavy atom. The Balaban J connectivity index is -0.000000125. The van der Waals surface area contributed by atoms with Crippen molar-refractivity contribution in [3.8, 4) is 12.1 Å². The number of benzene rings is 2. The quantitative estimate of drug-likeness (QED) is 0.150. The first-order valence-electron chi connectivity index (χ1n) is 12.3. The molecule has 0 atom stereocenters. The molecule has 0 bridgehead atoms. The van der Waals surface area contributed by atoms with E-state index in [9.17, 15) is 0 Å². The van der Waals surface area contributed by atoms with Gasteiger partial charge in [0.2, 0.25) is 0 Å². The van der Waals surface area contributed by atoms with E-state index >= 15 is 0 Å². The molecule has 0 radical (unpaired) electrons. The molecule has 0 aliphatic heterocycles. The molecule has 41 heavy (non-hydrogen) atoms. The van der Waals surface area contributed by atoms with Crippen molar-refractivity contribution in [3.63, 3.8) is 0 Å². The van der Waals surface area contributed by atoms with Crippen LogP contribution in [0.4, 0.5) is 0 Å². The fraction of sp³-hybridized carbons (Fsp3) is 0.312. The summed E-state index contributed by atoms with van der Waals surface area (Å²) in [7, 11) is 9.75. The molecule has 0 fully saturated rings. The van der Waals surface area contributed by atoms with Crippen molar-refractivity contribution in [1.82, 2.24) is 0 Å². The topological polar surface area (TPSA) is 47.6 Å². The van der Waals surface area contributed by atoms with E-state index < -0.39 is 16.5 Å². The van der Waals surface area contributed by atoms with Gasteiger partial charge in [-0.1, -0.05) is 48.6 Å². The minimum Gasteiger partial charge on any atom is -0.184 e. The second-order valence-electron chi connectivity index (χ2n) is 6.89. The third-order valence-corrected chi connectivity index (χ3v) is 3.88. The van der Waals surface area contributed by atoms with Crippen molar-refractivity contribution in [1.29, 1.82) is 10.5 Å². The Morgan fingerprint density at radius 1 is 0.537 bits per heavy atom. The maximum Gasteiger partial charge on any atom is 2.00 e. The number of nitriles is 2. The zero-order valence-electron chi connectivity index (χ0n) is 23.4. The van der Waals surface area contributed by atoms with Crippen molar-refractivity contribution in [2.24, 2.45) is 0 Å². The Bertz CT molecular complexity index is 693. The Kier molecular flexibility index (Phi) is 74.5. The zero-order chi connectivity index (χ0) is 30.6. The normalized spacial score (nSPS) is 13.2. The summed E-state index contributed by atoms with van der Waals surface area (Å²) < 4.78 is 0. The fourth-order valence-corrected chi connectivity index (χ4v) is 2.40. The molecule has 0 aromatic heterocycles. The van der Waals surface area contributed by atoms with Gasteiger partial charge in [0, 0.05) is 13.8 Å².